The van der Waals surface area contributed by atoms with Crippen LogP contribution in [-0.2, 0) is 4.84 Å². The molecular weight excluding hydrogens is 164 g/mol. The first-order valence-electron chi connectivity index (χ1n) is 4.77. The summed E-state index contributed by atoms with van der Waals surface area (Å²) >= 11 is 0. The SMILES string of the molecule is CC(C)C1=NOC(C)(C(C)C)C=N1. The second kappa shape index (κ2) is 3.48. The van der Waals surface area contributed by atoms with Crippen molar-refractivity contribution in [3.8, 4) is 0 Å². The van der Waals surface area contributed by atoms with Crippen LogP contribution in [-0.4, -0.2) is 17.7 Å². The van der Waals surface area contributed by atoms with Crippen molar-refractivity contribution in [3.05, 3.63) is 0 Å². The van der Waals surface area contributed by atoms with Crippen molar-refractivity contribution in [2.24, 2.45) is 22.0 Å². The van der Waals surface area contributed by atoms with E-state index in [1.165, 1.54) is 0 Å². The molecule has 0 saturated carbocycles. The molecule has 0 aromatic heterocycles. The Bertz CT molecular complexity index is 243. The largest absolute Gasteiger partial charge is 0.382 e. The van der Waals surface area contributed by atoms with Crippen LogP contribution in [0.3, 0.4) is 0 Å². The van der Waals surface area contributed by atoms with E-state index in [9.17, 15) is 0 Å². The highest BCUT2D eigenvalue weighted by atomic mass is 16.7. The Morgan fingerprint density at radius 1 is 1.31 bits per heavy atom. The molecule has 0 saturated heterocycles. The van der Waals surface area contributed by atoms with Crippen molar-refractivity contribution in [2.75, 3.05) is 0 Å². The number of amidine groups is 1. The second-order valence-corrected chi connectivity index (χ2v) is 4.29. The second-order valence-electron chi connectivity index (χ2n) is 4.29. The van der Waals surface area contributed by atoms with Crippen LogP contribution in [0.15, 0.2) is 10.1 Å². The van der Waals surface area contributed by atoms with Gasteiger partial charge in [-0.05, 0) is 6.92 Å². The summed E-state index contributed by atoms with van der Waals surface area (Å²) < 4.78 is 0. The van der Waals surface area contributed by atoms with Gasteiger partial charge < -0.3 is 4.84 Å². The molecule has 1 atom stereocenters. The lowest BCUT2D eigenvalue weighted by molar-refractivity contribution is -0.00819. The molecule has 0 fully saturated rings. The highest BCUT2D eigenvalue weighted by molar-refractivity contribution is 5.93. The zero-order valence-corrected chi connectivity index (χ0v) is 9.03. The Morgan fingerprint density at radius 2 is 1.92 bits per heavy atom. The molecule has 1 unspecified atom stereocenters. The van der Waals surface area contributed by atoms with Gasteiger partial charge in [-0.2, -0.15) is 0 Å². The monoisotopic (exact) mass is 182 g/mol. The minimum absolute atomic E-state index is 0.327. The average Bonchev–Trinajstić information content (AvgIpc) is 2.04. The number of rotatable bonds is 2. The van der Waals surface area contributed by atoms with E-state index in [1.807, 2.05) is 13.1 Å². The maximum absolute atomic E-state index is 5.44. The lowest BCUT2D eigenvalue weighted by atomic mass is 9.93. The summed E-state index contributed by atoms with van der Waals surface area (Å²) in [5, 5.41) is 4.02. The van der Waals surface area contributed by atoms with Gasteiger partial charge in [0.25, 0.3) is 0 Å². The van der Waals surface area contributed by atoms with E-state index in [1.54, 1.807) is 0 Å². The topological polar surface area (TPSA) is 34.0 Å². The molecule has 1 rings (SSSR count). The summed E-state index contributed by atoms with van der Waals surface area (Å²) in [5.41, 5.74) is -0.335. The maximum atomic E-state index is 5.44. The van der Waals surface area contributed by atoms with Gasteiger partial charge in [0.2, 0.25) is 0 Å². The fourth-order valence-electron chi connectivity index (χ4n) is 0.896. The van der Waals surface area contributed by atoms with Crippen LogP contribution >= 0.6 is 0 Å². The average molecular weight is 182 g/mol. The van der Waals surface area contributed by atoms with E-state index >= 15 is 0 Å². The lowest BCUT2D eigenvalue weighted by Gasteiger charge is -2.29. The van der Waals surface area contributed by atoms with Gasteiger partial charge in [-0.3, -0.25) is 0 Å². The van der Waals surface area contributed by atoms with Crippen LogP contribution in [0.2, 0.25) is 0 Å². The molecule has 0 spiro atoms. The third kappa shape index (κ3) is 2.08. The van der Waals surface area contributed by atoms with Crippen molar-refractivity contribution >= 4 is 12.1 Å². The molecule has 1 aliphatic heterocycles. The Morgan fingerprint density at radius 3 is 2.23 bits per heavy atom. The standard InChI is InChI=1S/C10H18N2O/c1-7(2)9-11-6-10(5,8(3)4)13-12-9/h6-8H,1-5H3. The number of hydrogen-bond acceptors (Lipinski definition) is 3. The summed E-state index contributed by atoms with van der Waals surface area (Å²) in [7, 11) is 0. The van der Waals surface area contributed by atoms with Crippen molar-refractivity contribution in [1.82, 2.24) is 0 Å². The Hall–Kier alpha value is -0.860. The van der Waals surface area contributed by atoms with Gasteiger partial charge in [-0.1, -0.05) is 32.9 Å². The molecule has 0 aromatic rings. The Labute approximate surface area is 79.9 Å². The zero-order valence-electron chi connectivity index (χ0n) is 9.03. The molecule has 0 N–H and O–H groups in total. The van der Waals surface area contributed by atoms with Crippen molar-refractivity contribution in [3.63, 3.8) is 0 Å². The first kappa shape index (κ1) is 10.2. The number of aliphatic imine (C=N–C) groups is 1. The number of oxime groups is 1. The van der Waals surface area contributed by atoms with E-state index in [0.29, 0.717) is 11.8 Å². The van der Waals surface area contributed by atoms with Crippen molar-refractivity contribution in [2.45, 2.75) is 40.2 Å². The van der Waals surface area contributed by atoms with Gasteiger partial charge in [0.1, 0.15) is 0 Å². The molecular formula is C10H18N2O. The molecule has 74 valence electrons. The Balaban J connectivity index is 2.73. The predicted molar refractivity (Wildman–Crippen MR) is 55.1 cm³/mol. The van der Waals surface area contributed by atoms with Gasteiger partial charge in [-0.15, -0.1) is 0 Å². The van der Waals surface area contributed by atoms with Gasteiger partial charge in [-0.25, -0.2) is 4.99 Å². The summed E-state index contributed by atoms with van der Waals surface area (Å²) in [6.07, 6.45) is 1.86. The number of nitrogens with zero attached hydrogens (tertiary/aromatic N) is 2. The first-order valence-corrected chi connectivity index (χ1v) is 4.77. The summed E-state index contributed by atoms with van der Waals surface area (Å²) in [4.78, 5) is 9.74. The maximum Gasteiger partial charge on any atom is 0.172 e. The summed E-state index contributed by atoms with van der Waals surface area (Å²) in [5.74, 6) is 1.49. The fourth-order valence-corrected chi connectivity index (χ4v) is 0.896. The molecule has 3 heteroatoms. The van der Waals surface area contributed by atoms with Gasteiger partial charge in [0.15, 0.2) is 11.4 Å². The molecule has 0 radical (unpaired) electrons. The van der Waals surface area contributed by atoms with E-state index in [0.717, 1.165) is 5.84 Å². The zero-order chi connectivity index (χ0) is 10.1. The molecule has 13 heavy (non-hydrogen) atoms. The van der Waals surface area contributed by atoms with E-state index in [-0.39, 0.29) is 5.60 Å². The fraction of sp³-hybridized carbons (Fsp3) is 0.800. The molecule has 3 nitrogen and oxygen atoms in total. The summed E-state index contributed by atoms with van der Waals surface area (Å²) in [6, 6.07) is 0. The minimum atomic E-state index is -0.335. The van der Waals surface area contributed by atoms with Crippen LogP contribution in [0.1, 0.15) is 34.6 Å². The first-order chi connectivity index (χ1) is 5.96. The molecule has 0 amide bonds. The normalized spacial score (nSPS) is 27.8. The highest BCUT2D eigenvalue weighted by Gasteiger charge is 2.31. The molecule has 1 heterocycles. The third-order valence-electron chi connectivity index (χ3n) is 2.45. The predicted octanol–water partition coefficient (Wildman–Crippen LogP) is 2.47. The van der Waals surface area contributed by atoms with Crippen LogP contribution in [0.5, 0.6) is 0 Å². The minimum Gasteiger partial charge on any atom is -0.382 e. The number of hydrogen-bond donors (Lipinski definition) is 0. The van der Waals surface area contributed by atoms with Crippen molar-refractivity contribution < 1.29 is 4.84 Å². The van der Waals surface area contributed by atoms with Crippen LogP contribution in [0.25, 0.3) is 0 Å². The molecule has 0 aromatic carbocycles. The van der Waals surface area contributed by atoms with E-state index in [2.05, 4.69) is 37.8 Å². The van der Waals surface area contributed by atoms with E-state index < -0.39 is 0 Å². The highest BCUT2D eigenvalue weighted by Crippen LogP contribution is 2.23. The lowest BCUT2D eigenvalue weighted by Crippen LogP contribution is -2.38. The molecule has 1 aliphatic rings. The Kier molecular flexibility index (Phi) is 2.74. The van der Waals surface area contributed by atoms with Crippen LogP contribution in [0, 0.1) is 11.8 Å². The van der Waals surface area contributed by atoms with Crippen LogP contribution in [0.4, 0.5) is 0 Å². The van der Waals surface area contributed by atoms with Crippen molar-refractivity contribution in [1.29, 1.82) is 0 Å². The molecule has 0 aliphatic carbocycles. The molecule has 0 bridgehead atoms. The van der Waals surface area contributed by atoms with E-state index in [4.69, 9.17) is 4.84 Å². The third-order valence-corrected chi connectivity index (χ3v) is 2.45. The van der Waals surface area contributed by atoms with Gasteiger partial charge in [0.05, 0.1) is 6.21 Å². The van der Waals surface area contributed by atoms with Crippen LogP contribution < -0.4 is 0 Å². The summed E-state index contributed by atoms with van der Waals surface area (Å²) in [6.45, 7) is 10.3. The van der Waals surface area contributed by atoms with Gasteiger partial charge in [0, 0.05) is 11.8 Å². The van der Waals surface area contributed by atoms with Gasteiger partial charge >= 0.3 is 0 Å². The quantitative estimate of drug-likeness (QED) is 0.646. The smallest absolute Gasteiger partial charge is 0.172 e.